The fourth-order valence-corrected chi connectivity index (χ4v) is 4.22. The minimum Gasteiger partial charge on any atom is -0.449 e. The van der Waals surface area contributed by atoms with Gasteiger partial charge in [-0.15, -0.1) is 0 Å². The molecule has 0 fully saturated rings. The number of amides is 1. The minimum atomic E-state index is -3.66. The van der Waals surface area contributed by atoms with Gasteiger partial charge >= 0.3 is 0 Å². The number of furan rings is 1. The molecule has 30 heavy (non-hydrogen) atoms. The van der Waals surface area contributed by atoms with Crippen LogP contribution in [-0.2, 0) is 23.0 Å². The van der Waals surface area contributed by atoms with Crippen LogP contribution in [0.25, 0.3) is 11.0 Å². The monoisotopic (exact) mass is 422 g/mol. The molecule has 0 bridgehead atoms. The van der Waals surface area contributed by atoms with Gasteiger partial charge in [-0.05, 0) is 47.5 Å². The predicted octanol–water partition coefficient (Wildman–Crippen LogP) is 3.08. The van der Waals surface area contributed by atoms with Crippen LogP contribution in [-0.4, -0.2) is 24.4 Å². The molecular formula is C22H18N2O5S. The number of carbonyl (C=O) groups is 1. The Balaban J connectivity index is 1.44. The average molecular weight is 422 g/mol. The molecular weight excluding hydrogens is 404 g/mol. The maximum absolute atomic E-state index is 12.7. The molecule has 0 aliphatic heterocycles. The third-order valence-electron chi connectivity index (χ3n) is 4.65. The topological polar surface area (TPSA) is 110 Å². The number of nitrogens with one attached hydrogen (secondary N) is 1. The van der Waals surface area contributed by atoms with Crippen LogP contribution >= 0.6 is 0 Å². The van der Waals surface area contributed by atoms with Gasteiger partial charge in [0.25, 0.3) is 5.91 Å². The number of aliphatic hydroxyl groups is 1. The summed E-state index contributed by atoms with van der Waals surface area (Å²) in [6.45, 7) is 0.0747. The summed E-state index contributed by atoms with van der Waals surface area (Å²) in [6, 6.07) is 15.8. The van der Waals surface area contributed by atoms with Gasteiger partial charge < -0.3 is 14.8 Å². The fourth-order valence-electron chi connectivity index (χ4n) is 2.96. The lowest BCUT2D eigenvalue weighted by atomic mass is 10.2. The summed E-state index contributed by atoms with van der Waals surface area (Å²) in [5.74, 6) is -0.185. The summed E-state index contributed by atoms with van der Waals surface area (Å²) >= 11 is 0. The Morgan fingerprint density at radius 3 is 2.20 bits per heavy atom. The highest BCUT2D eigenvalue weighted by Crippen LogP contribution is 2.22. The molecule has 0 aliphatic rings. The van der Waals surface area contributed by atoms with Crippen molar-refractivity contribution in [2.75, 3.05) is 0 Å². The Morgan fingerprint density at radius 2 is 1.60 bits per heavy atom. The van der Waals surface area contributed by atoms with Crippen LogP contribution in [0, 0.1) is 0 Å². The number of fused-ring (bicyclic) bond motifs is 1. The first-order chi connectivity index (χ1) is 14.5. The Bertz CT molecular complexity index is 1260. The van der Waals surface area contributed by atoms with Crippen molar-refractivity contribution in [2.24, 2.45) is 0 Å². The highest BCUT2D eigenvalue weighted by molar-refractivity contribution is 7.91. The average Bonchev–Trinajstić information content (AvgIpc) is 3.22. The number of sulfone groups is 1. The zero-order valence-corrected chi connectivity index (χ0v) is 16.6. The normalized spacial score (nSPS) is 11.5. The Hall–Kier alpha value is -3.49. The lowest BCUT2D eigenvalue weighted by Crippen LogP contribution is -2.22. The number of aromatic nitrogens is 1. The molecule has 152 valence electrons. The van der Waals surface area contributed by atoms with E-state index in [-0.39, 0.29) is 34.6 Å². The molecule has 4 aromatic rings. The third-order valence-corrected chi connectivity index (χ3v) is 6.44. The second-order valence-corrected chi connectivity index (χ2v) is 8.61. The summed E-state index contributed by atoms with van der Waals surface area (Å²) in [4.78, 5) is 16.6. The van der Waals surface area contributed by atoms with Crippen molar-refractivity contribution in [3.05, 3.63) is 89.9 Å². The Morgan fingerprint density at radius 1 is 0.967 bits per heavy atom. The maximum atomic E-state index is 12.7. The van der Waals surface area contributed by atoms with Gasteiger partial charge in [0, 0.05) is 18.1 Å². The second kappa shape index (κ2) is 8.10. The van der Waals surface area contributed by atoms with Crippen LogP contribution in [0.5, 0.6) is 0 Å². The van der Waals surface area contributed by atoms with Gasteiger partial charge in [0.05, 0.1) is 22.6 Å². The number of hydrogen-bond acceptors (Lipinski definition) is 6. The number of carbonyl (C=O) groups excluding carboxylic acids is 1. The third kappa shape index (κ3) is 3.96. The van der Waals surface area contributed by atoms with Crippen LogP contribution in [0.3, 0.4) is 0 Å². The van der Waals surface area contributed by atoms with Gasteiger partial charge in [0.1, 0.15) is 0 Å². The molecule has 8 heteroatoms. The zero-order chi connectivity index (χ0) is 21.1. The zero-order valence-electron chi connectivity index (χ0n) is 15.8. The molecule has 0 unspecified atom stereocenters. The van der Waals surface area contributed by atoms with Crippen molar-refractivity contribution in [2.45, 2.75) is 22.9 Å². The van der Waals surface area contributed by atoms with E-state index in [2.05, 4.69) is 10.3 Å². The van der Waals surface area contributed by atoms with Crippen molar-refractivity contribution < 1.29 is 22.7 Å². The highest BCUT2D eigenvalue weighted by Gasteiger charge is 2.17. The molecule has 2 aromatic heterocycles. The largest absolute Gasteiger partial charge is 0.449 e. The fraction of sp³-hybridized carbons (Fsp3) is 0.0909. The first-order valence-corrected chi connectivity index (χ1v) is 10.6. The first kappa shape index (κ1) is 19.8. The first-order valence-electron chi connectivity index (χ1n) is 9.13. The number of benzene rings is 2. The summed E-state index contributed by atoms with van der Waals surface area (Å²) in [5.41, 5.74) is 1.92. The van der Waals surface area contributed by atoms with E-state index >= 15 is 0 Å². The van der Waals surface area contributed by atoms with Gasteiger partial charge in [0.2, 0.25) is 9.84 Å². The lowest BCUT2D eigenvalue weighted by Gasteiger charge is -2.07. The molecule has 2 N–H and O–H groups in total. The van der Waals surface area contributed by atoms with Gasteiger partial charge in [-0.25, -0.2) is 8.42 Å². The smallest absolute Gasteiger partial charge is 0.287 e. The van der Waals surface area contributed by atoms with E-state index in [1.165, 1.54) is 24.3 Å². The molecule has 4 rings (SSSR count). The molecule has 0 saturated heterocycles. The maximum Gasteiger partial charge on any atom is 0.287 e. The van der Waals surface area contributed by atoms with Gasteiger partial charge in [-0.1, -0.05) is 24.3 Å². The van der Waals surface area contributed by atoms with Crippen LogP contribution < -0.4 is 5.32 Å². The quantitative estimate of drug-likeness (QED) is 0.494. The van der Waals surface area contributed by atoms with E-state index in [1.54, 1.807) is 48.8 Å². The van der Waals surface area contributed by atoms with Crippen LogP contribution in [0.15, 0.2) is 87.3 Å². The van der Waals surface area contributed by atoms with E-state index in [0.717, 1.165) is 10.9 Å². The molecule has 0 saturated carbocycles. The number of rotatable bonds is 6. The summed E-state index contributed by atoms with van der Waals surface area (Å²) in [5, 5.41) is 12.6. The Kier molecular flexibility index (Phi) is 5.35. The summed E-state index contributed by atoms with van der Waals surface area (Å²) in [6.07, 6.45) is 3.17. The number of hydrogen-bond donors (Lipinski definition) is 2. The van der Waals surface area contributed by atoms with E-state index in [4.69, 9.17) is 9.52 Å². The standard InChI is InChI=1S/C22H18N2O5S/c25-14-16-3-7-19(8-4-16)30(27,28)18-5-1-15(2-6-18)12-24-22(26)20-11-17-9-10-23-13-21(17)29-20/h1-11,13,25H,12,14H2,(H,24,26). The van der Waals surface area contributed by atoms with Gasteiger partial charge in [-0.3, -0.25) is 9.78 Å². The van der Waals surface area contributed by atoms with Crippen molar-refractivity contribution in [1.82, 2.24) is 10.3 Å². The van der Waals surface area contributed by atoms with Gasteiger partial charge in [0.15, 0.2) is 11.3 Å². The van der Waals surface area contributed by atoms with Crippen LogP contribution in [0.2, 0.25) is 0 Å². The highest BCUT2D eigenvalue weighted by atomic mass is 32.2. The molecule has 2 aromatic carbocycles. The summed E-state index contributed by atoms with van der Waals surface area (Å²) in [7, 11) is -3.66. The number of nitrogens with zero attached hydrogens (tertiary/aromatic N) is 1. The lowest BCUT2D eigenvalue weighted by molar-refractivity contribution is 0.0925. The molecule has 7 nitrogen and oxygen atoms in total. The Labute approximate surface area is 172 Å². The molecule has 0 radical (unpaired) electrons. The van der Waals surface area contributed by atoms with E-state index in [9.17, 15) is 13.2 Å². The minimum absolute atomic E-state index is 0.147. The number of aliphatic hydroxyl groups excluding tert-OH is 1. The summed E-state index contributed by atoms with van der Waals surface area (Å²) < 4.78 is 30.9. The second-order valence-electron chi connectivity index (χ2n) is 6.66. The number of pyridine rings is 1. The van der Waals surface area contributed by atoms with E-state index in [1.807, 2.05) is 0 Å². The predicted molar refractivity (Wildman–Crippen MR) is 109 cm³/mol. The van der Waals surface area contributed by atoms with Crippen LogP contribution in [0.4, 0.5) is 0 Å². The van der Waals surface area contributed by atoms with E-state index in [0.29, 0.717) is 11.1 Å². The molecule has 0 aliphatic carbocycles. The van der Waals surface area contributed by atoms with Crippen molar-refractivity contribution >= 4 is 26.7 Å². The van der Waals surface area contributed by atoms with Crippen molar-refractivity contribution in [1.29, 1.82) is 0 Å². The molecule has 0 spiro atoms. The van der Waals surface area contributed by atoms with Crippen LogP contribution in [0.1, 0.15) is 21.7 Å². The molecule has 0 atom stereocenters. The van der Waals surface area contributed by atoms with Crippen molar-refractivity contribution in [3.63, 3.8) is 0 Å². The molecule has 2 heterocycles. The van der Waals surface area contributed by atoms with Gasteiger partial charge in [-0.2, -0.15) is 0 Å². The molecule has 1 amide bonds. The van der Waals surface area contributed by atoms with Crippen molar-refractivity contribution in [3.8, 4) is 0 Å². The SMILES string of the molecule is O=C(NCc1ccc(S(=O)(=O)c2ccc(CO)cc2)cc1)c1cc2ccncc2o1. The van der Waals surface area contributed by atoms with E-state index < -0.39 is 9.84 Å².